The number of benzene rings is 1. The van der Waals surface area contributed by atoms with E-state index in [-0.39, 0.29) is 13.0 Å². The Hall–Kier alpha value is -2.30. The molecule has 0 aromatic heterocycles. The molecule has 0 saturated carbocycles. The van der Waals surface area contributed by atoms with Crippen LogP contribution in [-0.4, -0.2) is 57.5 Å². The van der Waals surface area contributed by atoms with Crippen molar-refractivity contribution in [1.29, 1.82) is 0 Å². The number of sulfonamides is 1. The zero-order chi connectivity index (χ0) is 18.5. The highest BCUT2D eigenvalue weighted by molar-refractivity contribution is 7.90. The number of aromatic hydroxyl groups is 1. The summed E-state index contributed by atoms with van der Waals surface area (Å²) < 4.78 is 63.6. The predicted molar refractivity (Wildman–Crippen MR) is 80.2 cm³/mol. The first-order chi connectivity index (χ1) is 10.9. The second-order valence-electron chi connectivity index (χ2n) is 4.97. The quantitative estimate of drug-likeness (QED) is 0.575. The molecule has 1 aromatic carbocycles. The summed E-state index contributed by atoms with van der Waals surface area (Å²) in [5, 5.41) is 11.3. The largest absolute Gasteiger partial charge is 0.507 e. The number of phenols is 1. The molecule has 11 heteroatoms. The van der Waals surface area contributed by atoms with Crippen molar-refractivity contribution in [2.24, 2.45) is 4.40 Å². The van der Waals surface area contributed by atoms with Crippen LogP contribution in [0.5, 0.6) is 5.75 Å². The van der Waals surface area contributed by atoms with E-state index in [9.17, 15) is 31.5 Å². The summed E-state index contributed by atoms with van der Waals surface area (Å²) in [5.41, 5.74) is 0.314. The molecule has 134 valence electrons. The molecule has 0 unspecified atom stereocenters. The standard InChI is InChI=1S/C13H16F3N3O4S/c1-19(2)8-18-24(22,23)11-7-9(3-4-10(11)20)5-6-17-12(21)13(14,15)16/h3-4,7-8,20H,5-6H2,1-2H3,(H,17,21)/b18-8+. The van der Waals surface area contributed by atoms with Gasteiger partial charge in [0.1, 0.15) is 17.0 Å². The minimum Gasteiger partial charge on any atom is -0.507 e. The second-order valence-corrected chi connectivity index (χ2v) is 6.57. The highest BCUT2D eigenvalue weighted by atomic mass is 32.2. The van der Waals surface area contributed by atoms with Crippen molar-refractivity contribution < 1.29 is 31.5 Å². The molecule has 1 rings (SSSR count). The zero-order valence-electron chi connectivity index (χ0n) is 12.8. The molecule has 0 bridgehead atoms. The van der Waals surface area contributed by atoms with Crippen LogP contribution in [0.25, 0.3) is 0 Å². The zero-order valence-corrected chi connectivity index (χ0v) is 13.6. The molecular formula is C13H16F3N3O4S. The molecule has 1 aromatic rings. The maximum Gasteiger partial charge on any atom is 0.471 e. The Morgan fingerprint density at radius 1 is 1.38 bits per heavy atom. The third-order valence-electron chi connectivity index (χ3n) is 2.68. The first-order valence-electron chi connectivity index (χ1n) is 6.57. The number of hydrogen-bond donors (Lipinski definition) is 2. The minimum atomic E-state index is -4.98. The van der Waals surface area contributed by atoms with Gasteiger partial charge in [-0.05, 0) is 24.1 Å². The maximum atomic E-state index is 12.1. The van der Waals surface area contributed by atoms with Crippen LogP contribution in [0.2, 0.25) is 0 Å². The molecule has 0 aliphatic carbocycles. The van der Waals surface area contributed by atoms with E-state index in [1.54, 1.807) is 19.4 Å². The van der Waals surface area contributed by atoms with Crippen LogP contribution >= 0.6 is 0 Å². The molecule has 0 heterocycles. The van der Waals surface area contributed by atoms with Gasteiger partial charge in [0.15, 0.2) is 0 Å². The Morgan fingerprint density at radius 3 is 2.54 bits per heavy atom. The summed E-state index contributed by atoms with van der Waals surface area (Å²) in [4.78, 5) is 11.6. The third-order valence-corrected chi connectivity index (χ3v) is 3.93. The van der Waals surface area contributed by atoms with E-state index in [0.717, 1.165) is 18.5 Å². The minimum absolute atomic E-state index is 0.0536. The fourth-order valence-corrected chi connectivity index (χ4v) is 2.61. The first-order valence-corrected chi connectivity index (χ1v) is 8.01. The molecule has 0 atom stereocenters. The fraction of sp³-hybridized carbons (Fsp3) is 0.385. The molecule has 0 saturated heterocycles. The lowest BCUT2D eigenvalue weighted by Gasteiger charge is -2.09. The molecule has 0 fully saturated rings. The molecule has 0 radical (unpaired) electrons. The van der Waals surface area contributed by atoms with Gasteiger partial charge >= 0.3 is 12.1 Å². The van der Waals surface area contributed by atoms with Gasteiger partial charge in [-0.2, -0.15) is 21.6 Å². The number of nitrogens with zero attached hydrogens (tertiary/aromatic N) is 2. The Bertz CT molecular complexity index is 730. The van der Waals surface area contributed by atoms with Crippen LogP contribution in [0, 0.1) is 0 Å². The van der Waals surface area contributed by atoms with E-state index < -0.39 is 32.8 Å². The van der Waals surface area contributed by atoms with Crippen molar-refractivity contribution in [3.8, 4) is 5.75 Å². The Morgan fingerprint density at radius 2 is 2.00 bits per heavy atom. The van der Waals surface area contributed by atoms with Gasteiger partial charge in [-0.25, -0.2) is 0 Å². The van der Waals surface area contributed by atoms with Gasteiger partial charge in [0.05, 0.1) is 0 Å². The number of carbonyl (C=O) groups excluding carboxylic acids is 1. The van der Waals surface area contributed by atoms with Crippen LogP contribution in [0.3, 0.4) is 0 Å². The van der Waals surface area contributed by atoms with Crippen LogP contribution in [-0.2, 0) is 21.2 Å². The van der Waals surface area contributed by atoms with Gasteiger partial charge < -0.3 is 15.3 Å². The Balaban J connectivity index is 2.89. The summed E-state index contributed by atoms with van der Waals surface area (Å²) in [7, 11) is -1.05. The first kappa shape index (κ1) is 19.7. The molecule has 0 spiro atoms. The highest BCUT2D eigenvalue weighted by Crippen LogP contribution is 2.25. The summed E-state index contributed by atoms with van der Waals surface area (Å²) in [5.74, 6) is -2.61. The fourth-order valence-electron chi connectivity index (χ4n) is 1.55. The van der Waals surface area contributed by atoms with E-state index in [4.69, 9.17) is 0 Å². The van der Waals surface area contributed by atoms with Crippen molar-refractivity contribution in [2.75, 3.05) is 20.6 Å². The van der Waals surface area contributed by atoms with Crippen LogP contribution < -0.4 is 5.32 Å². The number of halogens is 3. The molecule has 1 amide bonds. The van der Waals surface area contributed by atoms with E-state index >= 15 is 0 Å². The summed E-state index contributed by atoms with van der Waals surface area (Å²) in [6, 6.07) is 3.53. The molecule has 0 aliphatic heterocycles. The molecule has 0 aliphatic rings. The van der Waals surface area contributed by atoms with E-state index in [1.165, 1.54) is 11.0 Å². The van der Waals surface area contributed by atoms with Gasteiger partial charge in [-0.3, -0.25) is 4.79 Å². The van der Waals surface area contributed by atoms with Crippen molar-refractivity contribution in [3.05, 3.63) is 23.8 Å². The number of amides is 1. The van der Waals surface area contributed by atoms with Crippen LogP contribution in [0.4, 0.5) is 13.2 Å². The number of nitrogens with one attached hydrogen (secondary N) is 1. The molecular weight excluding hydrogens is 351 g/mol. The summed E-state index contributed by atoms with van der Waals surface area (Å²) >= 11 is 0. The number of alkyl halides is 3. The van der Waals surface area contributed by atoms with Crippen molar-refractivity contribution in [1.82, 2.24) is 10.2 Å². The van der Waals surface area contributed by atoms with Gasteiger partial charge in [0.25, 0.3) is 10.0 Å². The molecule has 2 N–H and O–H groups in total. The predicted octanol–water partition coefficient (Wildman–Crippen LogP) is 0.892. The lowest BCUT2D eigenvalue weighted by atomic mass is 10.1. The van der Waals surface area contributed by atoms with E-state index in [0.29, 0.717) is 5.56 Å². The summed E-state index contributed by atoms with van der Waals surface area (Å²) in [6.07, 6.45) is -4.00. The normalized spacial score (nSPS) is 12.4. The SMILES string of the molecule is CN(C)/C=N/S(=O)(=O)c1cc(CCNC(=O)C(F)(F)F)ccc1O. The monoisotopic (exact) mass is 367 g/mol. The van der Waals surface area contributed by atoms with E-state index in [1.807, 2.05) is 0 Å². The van der Waals surface area contributed by atoms with Gasteiger partial charge in [0, 0.05) is 20.6 Å². The second kappa shape index (κ2) is 7.51. The number of rotatable bonds is 6. The lowest BCUT2D eigenvalue weighted by molar-refractivity contribution is -0.173. The highest BCUT2D eigenvalue weighted by Gasteiger charge is 2.38. The van der Waals surface area contributed by atoms with Gasteiger partial charge in [0.2, 0.25) is 0 Å². The smallest absolute Gasteiger partial charge is 0.471 e. The number of hydrogen-bond acceptors (Lipinski definition) is 4. The summed E-state index contributed by atoms with van der Waals surface area (Å²) in [6.45, 7) is -0.344. The number of phenolic OH excluding ortho intramolecular Hbond substituents is 1. The van der Waals surface area contributed by atoms with Crippen molar-refractivity contribution in [2.45, 2.75) is 17.5 Å². The average Bonchev–Trinajstić information content (AvgIpc) is 2.45. The van der Waals surface area contributed by atoms with Crippen LogP contribution in [0.1, 0.15) is 5.56 Å². The Labute approximate surface area is 136 Å². The lowest BCUT2D eigenvalue weighted by Crippen LogP contribution is -2.37. The average molecular weight is 367 g/mol. The molecule has 24 heavy (non-hydrogen) atoms. The maximum absolute atomic E-state index is 12.1. The Kier molecular flexibility index (Phi) is 6.18. The number of carbonyl (C=O) groups is 1. The van der Waals surface area contributed by atoms with Crippen molar-refractivity contribution >= 4 is 22.3 Å². The van der Waals surface area contributed by atoms with E-state index in [2.05, 4.69) is 4.40 Å². The van der Waals surface area contributed by atoms with Crippen molar-refractivity contribution in [3.63, 3.8) is 0 Å². The third kappa shape index (κ3) is 5.72. The van der Waals surface area contributed by atoms with Gasteiger partial charge in [-0.15, -0.1) is 4.40 Å². The topological polar surface area (TPSA) is 99.1 Å². The van der Waals surface area contributed by atoms with Crippen LogP contribution in [0.15, 0.2) is 27.5 Å². The molecule has 7 nitrogen and oxygen atoms in total. The van der Waals surface area contributed by atoms with Gasteiger partial charge in [-0.1, -0.05) is 6.07 Å².